The minimum absolute atomic E-state index is 0.0183. The third-order valence-corrected chi connectivity index (χ3v) is 4.08. The topological polar surface area (TPSA) is 72.8 Å². The van der Waals surface area contributed by atoms with E-state index >= 15 is 0 Å². The van der Waals surface area contributed by atoms with Crippen LogP contribution in [0.5, 0.6) is 11.5 Å². The number of rotatable bonds is 14. The number of unbranched alkanes of at least 4 members (excludes halogenated alkanes) is 8. The highest BCUT2D eigenvalue weighted by atomic mass is 16.6. The van der Waals surface area contributed by atoms with E-state index in [1.807, 2.05) is 0 Å². The Morgan fingerprint density at radius 3 is 2.23 bits per heavy atom. The number of carbonyl (C=O) groups excluding carboxylic acids is 1. The summed E-state index contributed by atoms with van der Waals surface area (Å²) in [6.07, 6.45) is 11.7. The largest absolute Gasteiger partial charge is 0.489 e. The first-order valence-electron chi connectivity index (χ1n) is 9.43. The molecule has 0 aliphatic rings. The average Bonchev–Trinajstić information content (AvgIpc) is 2.63. The number of para-hydroxylation sites is 1. The van der Waals surface area contributed by atoms with E-state index in [0.29, 0.717) is 6.61 Å². The summed E-state index contributed by atoms with van der Waals surface area (Å²) in [5.74, 6) is -1.58. The molecule has 1 N–H and O–H groups in total. The number of carboxylic acid groups (broad SMARTS) is 1. The molecule has 1 aromatic carbocycles. The van der Waals surface area contributed by atoms with Crippen LogP contribution in [-0.2, 0) is 4.79 Å². The summed E-state index contributed by atoms with van der Waals surface area (Å²) < 4.78 is 10.7. The summed E-state index contributed by atoms with van der Waals surface area (Å²) in [5.41, 5.74) is -0.0183. The highest BCUT2D eigenvalue weighted by Gasteiger charge is 2.18. The van der Waals surface area contributed by atoms with Crippen molar-refractivity contribution in [3.63, 3.8) is 0 Å². The molecule has 0 saturated heterocycles. The first kappa shape index (κ1) is 21.7. The van der Waals surface area contributed by atoms with Gasteiger partial charge in [0.15, 0.2) is 11.5 Å². The molecule has 0 atom stereocenters. The van der Waals surface area contributed by atoms with Gasteiger partial charge in [0.25, 0.3) is 0 Å². The maximum atomic E-state index is 11.4. The van der Waals surface area contributed by atoms with Gasteiger partial charge in [0.1, 0.15) is 5.56 Å². The molecule has 144 valence electrons. The van der Waals surface area contributed by atoms with Crippen LogP contribution in [0.4, 0.5) is 0 Å². The fourth-order valence-corrected chi connectivity index (χ4v) is 2.65. The number of aromatic carboxylic acids is 1. The molecule has 0 bridgehead atoms. The Bertz CT molecular complexity index is 580. The second-order valence-corrected chi connectivity index (χ2v) is 6.24. The van der Waals surface area contributed by atoms with Gasteiger partial charge in [-0.2, -0.15) is 0 Å². The molecule has 5 nitrogen and oxygen atoms in total. The minimum atomic E-state index is -1.12. The van der Waals surface area contributed by atoms with Crippen LogP contribution in [-0.4, -0.2) is 23.7 Å². The van der Waals surface area contributed by atoms with Crippen molar-refractivity contribution in [3.05, 3.63) is 36.4 Å². The summed E-state index contributed by atoms with van der Waals surface area (Å²) in [5, 5.41) is 9.30. The summed E-state index contributed by atoms with van der Waals surface area (Å²) in [7, 11) is 0. The van der Waals surface area contributed by atoms with E-state index in [9.17, 15) is 14.7 Å². The Morgan fingerprint density at radius 2 is 1.65 bits per heavy atom. The molecule has 5 heteroatoms. The van der Waals surface area contributed by atoms with Gasteiger partial charge in [-0.05, 0) is 18.6 Å². The predicted molar refractivity (Wildman–Crippen MR) is 102 cm³/mol. The quantitative estimate of drug-likeness (QED) is 0.208. The van der Waals surface area contributed by atoms with Crippen molar-refractivity contribution in [3.8, 4) is 11.5 Å². The Hall–Kier alpha value is -2.30. The maximum Gasteiger partial charge on any atom is 0.339 e. The lowest BCUT2D eigenvalue weighted by molar-refractivity contribution is -0.129. The lowest BCUT2D eigenvalue weighted by atomic mass is 10.1. The minimum Gasteiger partial charge on any atom is -0.489 e. The van der Waals surface area contributed by atoms with E-state index in [1.54, 1.807) is 0 Å². The van der Waals surface area contributed by atoms with E-state index in [2.05, 4.69) is 13.5 Å². The molecule has 0 fully saturated rings. The SMILES string of the molecule is C=CC(=O)Oc1cccc(C(=O)O)c1OCCCCCCCCCCC. The Kier molecular flexibility index (Phi) is 10.9. The second-order valence-electron chi connectivity index (χ2n) is 6.24. The highest BCUT2D eigenvalue weighted by molar-refractivity contribution is 5.93. The van der Waals surface area contributed by atoms with E-state index in [-0.39, 0.29) is 17.1 Å². The van der Waals surface area contributed by atoms with E-state index in [4.69, 9.17) is 9.47 Å². The number of esters is 1. The van der Waals surface area contributed by atoms with Crippen molar-refractivity contribution in [2.45, 2.75) is 64.7 Å². The molecule has 1 aromatic rings. The number of ether oxygens (including phenoxy) is 2. The van der Waals surface area contributed by atoms with Crippen molar-refractivity contribution in [2.75, 3.05) is 6.61 Å². The van der Waals surface area contributed by atoms with Crippen molar-refractivity contribution >= 4 is 11.9 Å². The van der Waals surface area contributed by atoms with Crippen molar-refractivity contribution < 1.29 is 24.2 Å². The first-order valence-corrected chi connectivity index (χ1v) is 9.43. The summed E-state index contributed by atoms with van der Waals surface area (Å²) >= 11 is 0. The molecular formula is C21H30O5. The summed E-state index contributed by atoms with van der Waals surface area (Å²) in [6.45, 7) is 5.94. The molecule has 26 heavy (non-hydrogen) atoms. The molecule has 1 rings (SSSR count). The van der Waals surface area contributed by atoms with Crippen LogP contribution in [0.1, 0.15) is 75.1 Å². The van der Waals surface area contributed by atoms with Gasteiger partial charge in [-0.25, -0.2) is 9.59 Å². The number of carbonyl (C=O) groups is 2. The maximum absolute atomic E-state index is 11.4. The zero-order valence-corrected chi connectivity index (χ0v) is 15.7. The summed E-state index contributed by atoms with van der Waals surface area (Å²) in [6, 6.07) is 4.46. The fourth-order valence-electron chi connectivity index (χ4n) is 2.65. The van der Waals surface area contributed by atoms with Gasteiger partial charge in [0.2, 0.25) is 0 Å². The molecule has 0 saturated carbocycles. The van der Waals surface area contributed by atoms with Gasteiger partial charge in [0.05, 0.1) is 6.61 Å². The number of hydrogen-bond acceptors (Lipinski definition) is 4. The normalized spacial score (nSPS) is 10.3. The molecule has 0 unspecified atom stereocenters. The lowest BCUT2D eigenvalue weighted by Crippen LogP contribution is -2.09. The molecule has 0 spiro atoms. The van der Waals surface area contributed by atoms with Crippen LogP contribution < -0.4 is 9.47 Å². The number of hydrogen-bond donors (Lipinski definition) is 1. The molecule has 0 aromatic heterocycles. The van der Waals surface area contributed by atoms with E-state index in [1.165, 1.54) is 56.7 Å². The van der Waals surface area contributed by atoms with Gasteiger partial charge in [-0.3, -0.25) is 0 Å². The van der Waals surface area contributed by atoms with Gasteiger partial charge in [-0.15, -0.1) is 0 Å². The average molecular weight is 362 g/mol. The molecule has 0 radical (unpaired) electrons. The molecule has 0 aliphatic carbocycles. The third-order valence-electron chi connectivity index (χ3n) is 4.08. The Morgan fingerprint density at radius 1 is 1.04 bits per heavy atom. The van der Waals surface area contributed by atoms with Crippen molar-refractivity contribution in [1.82, 2.24) is 0 Å². The molecular weight excluding hydrogens is 332 g/mol. The Balaban J connectivity index is 2.44. The monoisotopic (exact) mass is 362 g/mol. The van der Waals surface area contributed by atoms with Gasteiger partial charge >= 0.3 is 11.9 Å². The van der Waals surface area contributed by atoms with Gasteiger partial charge < -0.3 is 14.6 Å². The van der Waals surface area contributed by atoms with Crippen LogP contribution in [0, 0.1) is 0 Å². The van der Waals surface area contributed by atoms with Crippen LogP contribution >= 0.6 is 0 Å². The Labute approximate surface area is 156 Å². The predicted octanol–water partition coefficient (Wildman–Crippen LogP) is 5.39. The first-order chi connectivity index (χ1) is 12.6. The molecule has 0 amide bonds. The zero-order valence-electron chi connectivity index (χ0n) is 15.7. The van der Waals surface area contributed by atoms with Crippen molar-refractivity contribution in [1.29, 1.82) is 0 Å². The number of benzene rings is 1. The summed E-state index contributed by atoms with van der Waals surface area (Å²) in [4.78, 5) is 22.8. The fraction of sp³-hybridized carbons (Fsp3) is 0.524. The van der Waals surface area contributed by atoms with Crippen LogP contribution in [0.3, 0.4) is 0 Å². The van der Waals surface area contributed by atoms with Crippen molar-refractivity contribution in [2.24, 2.45) is 0 Å². The standard InChI is InChI=1S/C21H30O5/c1-3-5-6-7-8-9-10-11-12-16-25-20-17(21(23)24)14-13-15-18(20)26-19(22)4-2/h4,13-15H,2-3,5-12,16H2,1H3,(H,23,24). The number of carboxylic acids is 1. The smallest absolute Gasteiger partial charge is 0.339 e. The van der Waals surface area contributed by atoms with Gasteiger partial charge in [0, 0.05) is 6.08 Å². The lowest BCUT2D eigenvalue weighted by Gasteiger charge is -2.13. The third kappa shape index (κ3) is 8.19. The zero-order chi connectivity index (χ0) is 19.2. The van der Waals surface area contributed by atoms with Crippen LogP contribution in [0.2, 0.25) is 0 Å². The second kappa shape index (κ2) is 13.0. The van der Waals surface area contributed by atoms with E-state index < -0.39 is 11.9 Å². The van der Waals surface area contributed by atoms with E-state index in [0.717, 1.165) is 25.3 Å². The van der Waals surface area contributed by atoms with Gasteiger partial charge in [-0.1, -0.05) is 70.9 Å². The van der Waals surface area contributed by atoms with Crippen LogP contribution in [0.25, 0.3) is 0 Å². The molecule has 0 heterocycles. The highest BCUT2D eigenvalue weighted by Crippen LogP contribution is 2.32. The molecule has 0 aliphatic heterocycles. The van der Waals surface area contributed by atoms with Crippen LogP contribution in [0.15, 0.2) is 30.9 Å².